The molecule has 1 aromatic rings. The summed E-state index contributed by atoms with van der Waals surface area (Å²) in [6.45, 7) is 2.10. The highest BCUT2D eigenvalue weighted by Gasteiger charge is 2.40. The molecule has 7 heteroatoms. The maximum absolute atomic E-state index is 12.9. The van der Waals surface area contributed by atoms with E-state index < -0.39 is 21.4 Å². The zero-order valence-corrected chi connectivity index (χ0v) is 12.7. The molecule has 0 aliphatic heterocycles. The van der Waals surface area contributed by atoms with Crippen molar-refractivity contribution >= 4 is 15.9 Å². The minimum absolute atomic E-state index is 0.0249. The lowest BCUT2D eigenvalue weighted by molar-refractivity contribution is 0.285. The number of nitrogens with one attached hydrogen (secondary N) is 2. The highest BCUT2D eigenvalue weighted by atomic mass is 32.2. The number of nitrogens with two attached hydrogens (primary N) is 1. The van der Waals surface area contributed by atoms with Gasteiger partial charge in [-0.25, -0.2) is 12.8 Å². The van der Waals surface area contributed by atoms with Gasteiger partial charge in [0.05, 0.1) is 10.4 Å². The molecular formula is C14H20FN3O2S. The van der Waals surface area contributed by atoms with E-state index in [2.05, 4.69) is 11.6 Å². The molecule has 5 nitrogen and oxygen atoms in total. The Morgan fingerprint density at radius 3 is 2.33 bits per heavy atom. The van der Waals surface area contributed by atoms with Crippen LogP contribution < -0.4 is 10.5 Å². The fourth-order valence-electron chi connectivity index (χ4n) is 2.61. The van der Waals surface area contributed by atoms with E-state index in [4.69, 9.17) is 11.1 Å². The normalized spacial score (nSPS) is 26.5. The Kier molecular flexibility index (Phi) is 4.34. The van der Waals surface area contributed by atoms with E-state index in [9.17, 15) is 12.8 Å². The Bertz CT molecular complexity index is 620. The van der Waals surface area contributed by atoms with Gasteiger partial charge in [0.25, 0.3) is 0 Å². The molecule has 21 heavy (non-hydrogen) atoms. The Hall–Kier alpha value is -1.47. The van der Waals surface area contributed by atoms with Crippen LogP contribution in [-0.4, -0.2) is 19.8 Å². The Morgan fingerprint density at radius 1 is 1.33 bits per heavy atom. The van der Waals surface area contributed by atoms with Gasteiger partial charge in [-0.3, -0.25) is 5.41 Å². The van der Waals surface area contributed by atoms with Crippen molar-refractivity contribution in [1.29, 1.82) is 5.41 Å². The summed E-state index contributed by atoms with van der Waals surface area (Å²) in [6.07, 6.45) is 2.63. The molecule has 0 unspecified atom stereocenters. The highest BCUT2D eigenvalue weighted by molar-refractivity contribution is 7.89. The van der Waals surface area contributed by atoms with E-state index in [0.717, 1.165) is 25.0 Å². The molecule has 1 saturated carbocycles. The number of benzene rings is 1. The molecule has 0 spiro atoms. The summed E-state index contributed by atoms with van der Waals surface area (Å²) in [5.41, 5.74) is 4.63. The Morgan fingerprint density at radius 2 is 1.86 bits per heavy atom. The quantitative estimate of drug-likeness (QED) is 0.586. The van der Waals surface area contributed by atoms with Crippen molar-refractivity contribution in [3.63, 3.8) is 0 Å². The van der Waals surface area contributed by atoms with Crippen LogP contribution in [0.4, 0.5) is 4.39 Å². The van der Waals surface area contributed by atoms with Crippen LogP contribution in [0, 0.1) is 17.1 Å². The van der Waals surface area contributed by atoms with Gasteiger partial charge in [0.15, 0.2) is 0 Å². The fraction of sp³-hybridized carbons (Fsp3) is 0.500. The minimum atomic E-state index is -3.84. The molecule has 0 aromatic heterocycles. The van der Waals surface area contributed by atoms with Crippen molar-refractivity contribution < 1.29 is 12.8 Å². The van der Waals surface area contributed by atoms with Crippen LogP contribution in [0.1, 0.15) is 32.6 Å². The van der Waals surface area contributed by atoms with E-state index in [1.54, 1.807) is 0 Å². The summed E-state index contributed by atoms with van der Waals surface area (Å²) >= 11 is 0. The van der Waals surface area contributed by atoms with Crippen molar-refractivity contribution in [2.45, 2.75) is 43.0 Å². The van der Waals surface area contributed by atoms with Gasteiger partial charge in [0.2, 0.25) is 10.0 Å². The van der Waals surface area contributed by atoms with Crippen molar-refractivity contribution in [1.82, 2.24) is 4.72 Å². The van der Waals surface area contributed by atoms with E-state index in [1.165, 1.54) is 12.1 Å². The first-order chi connectivity index (χ1) is 9.75. The molecule has 0 heterocycles. The number of hydrogen-bond donors (Lipinski definition) is 3. The third kappa shape index (κ3) is 3.41. The van der Waals surface area contributed by atoms with Crippen LogP contribution in [0.25, 0.3) is 0 Å². The van der Waals surface area contributed by atoms with Gasteiger partial charge >= 0.3 is 0 Å². The second kappa shape index (κ2) is 5.73. The molecular weight excluding hydrogens is 293 g/mol. The lowest BCUT2D eigenvalue weighted by atomic mass is 9.77. The summed E-state index contributed by atoms with van der Waals surface area (Å²) in [4.78, 5) is -0.0249. The smallest absolute Gasteiger partial charge is 0.241 e. The molecule has 116 valence electrons. The maximum atomic E-state index is 12.9. The van der Waals surface area contributed by atoms with Crippen LogP contribution in [-0.2, 0) is 10.0 Å². The summed E-state index contributed by atoms with van der Waals surface area (Å²) in [6, 6.07) is 4.60. The van der Waals surface area contributed by atoms with Crippen LogP contribution >= 0.6 is 0 Å². The third-order valence-electron chi connectivity index (χ3n) is 4.10. The molecule has 0 radical (unpaired) electrons. The number of hydrogen-bond acceptors (Lipinski definition) is 3. The number of amidine groups is 1. The average Bonchev–Trinajstić information content (AvgIpc) is 2.41. The van der Waals surface area contributed by atoms with Crippen LogP contribution in [0.3, 0.4) is 0 Å². The van der Waals surface area contributed by atoms with Crippen molar-refractivity contribution in [3.05, 3.63) is 30.1 Å². The summed E-state index contributed by atoms with van der Waals surface area (Å²) in [5, 5.41) is 7.77. The van der Waals surface area contributed by atoms with Crippen molar-refractivity contribution in [2.24, 2.45) is 11.7 Å². The van der Waals surface area contributed by atoms with Gasteiger partial charge in [-0.15, -0.1) is 0 Å². The number of sulfonamides is 1. The first kappa shape index (κ1) is 15.9. The van der Waals surface area contributed by atoms with Crippen LogP contribution in [0.2, 0.25) is 0 Å². The monoisotopic (exact) mass is 313 g/mol. The SMILES string of the molecule is CC1CCC(NS(=O)(=O)c2ccc(F)cc2)(C(=N)N)CC1. The molecule has 1 aliphatic carbocycles. The Balaban J connectivity index is 2.28. The van der Waals surface area contributed by atoms with E-state index in [1.807, 2.05) is 0 Å². The summed E-state index contributed by atoms with van der Waals surface area (Å²) in [7, 11) is -3.84. The summed E-state index contributed by atoms with van der Waals surface area (Å²) in [5.74, 6) is -0.172. The van der Waals surface area contributed by atoms with Gasteiger partial charge in [-0.05, 0) is 55.9 Å². The lowest BCUT2D eigenvalue weighted by Crippen LogP contribution is -2.58. The standard InChI is InChI=1S/C14H20FN3O2S/c1-10-6-8-14(9-7-10,13(16)17)18-21(19,20)12-4-2-11(15)3-5-12/h2-5,10,18H,6-9H2,1H3,(H3,16,17). The van der Waals surface area contributed by atoms with Gasteiger partial charge < -0.3 is 5.73 Å². The minimum Gasteiger partial charge on any atom is -0.386 e. The predicted octanol–water partition coefficient (Wildman–Crippen LogP) is 1.99. The van der Waals surface area contributed by atoms with E-state index in [-0.39, 0.29) is 10.7 Å². The summed E-state index contributed by atoms with van der Waals surface area (Å²) < 4.78 is 40.3. The number of halogens is 1. The molecule has 1 fully saturated rings. The molecule has 2 rings (SSSR count). The van der Waals surface area contributed by atoms with Gasteiger partial charge in [0, 0.05) is 0 Å². The average molecular weight is 313 g/mol. The molecule has 4 N–H and O–H groups in total. The van der Waals surface area contributed by atoms with Crippen molar-refractivity contribution in [2.75, 3.05) is 0 Å². The zero-order valence-electron chi connectivity index (χ0n) is 11.9. The van der Waals surface area contributed by atoms with E-state index >= 15 is 0 Å². The van der Waals surface area contributed by atoms with Gasteiger partial charge in [-0.1, -0.05) is 6.92 Å². The third-order valence-corrected chi connectivity index (χ3v) is 5.65. The van der Waals surface area contributed by atoms with Gasteiger partial charge in [0.1, 0.15) is 11.7 Å². The molecule has 1 aliphatic rings. The molecule has 0 saturated heterocycles. The first-order valence-electron chi connectivity index (χ1n) is 6.89. The van der Waals surface area contributed by atoms with Crippen molar-refractivity contribution in [3.8, 4) is 0 Å². The van der Waals surface area contributed by atoms with E-state index in [0.29, 0.717) is 18.8 Å². The predicted molar refractivity (Wildman–Crippen MR) is 79.0 cm³/mol. The lowest BCUT2D eigenvalue weighted by Gasteiger charge is -2.38. The van der Waals surface area contributed by atoms with Crippen LogP contribution in [0.5, 0.6) is 0 Å². The second-order valence-corrected chi connectivity index (χ2v) is 7.42. The molecule has 1 aromatic carbocycles. The topological polar surface area (TPSA) is 96.0 Å². The number of rotatable bonds is 4. The molecule has 0 amide bonds. The Labute approximate surface area is 124 Å². The molecule has 0 bridgehead atoms. The largest absolute Gasteiger partial charge is 0.386 e. The molecule has 0 atom stereocenters. The fourth-order valence-corrected chi connectivity index (χ4v) is 4.05. The van der Waals surface area contributed by atoms with Crippen LogP contribution in [0.15, 0.2) is 29.2 Å². The second-order valence-electron chi connectivity index (χ2n) is 5.74. The first-order valence-corrected chi connectivity index (χ1v) is 8.37. The zero-order chi connectivity index (χ0) is 15.7. The van der Waals surface area contributed by atoms with Gasteiger partial charge in [-0.2, -0.15) is 4.72 Å². The maximum Gasteiger partial charge on any atom is 0.241 e. The highest BCUT2D eigenvalue weighted by Crippen LogP contribution is 2.33.